The number of hydrogen-bond donors (Lipinski definition) is 0. The molecule has 2 rings (SSSR count). The van der Waals surface area contributed by atoms with Crippen LogP contribution in [0.25, 0.3) is 11.4 Å². The van der Waals surface area contributed by atoms with Crippen LogP contribution in [0.4, 0.5) is 13.2 Å². The van der Waals surface area contributed by atoms with Gasteiger partial charge in [-0.15, -0.1) is 11.6 Å². The van der Waals surface area contributed by atoms with Gasteiger partial charge in [-0.2, -0.15) is 18.2 Å². The number of hydrogen-bond acceptors (Lipinski definition) is 3. The van der Waals surface area contributed by atoms with E-state index < -0.39 is 17.1 Å². The van der Waals surface area contributed by atoms with Gasteiger partial charge >= 0.3 is 6.18 Å². The lowest BCUT2D eigenvalue weighted by molar-refractivity contribution is -0.137. The average Bonchev–Trinajstić information content (AvgIpc) is 2.77. The van der Waals surface area contributed by atoms with Crippen molar-refractivity contribution in [1.82, 2.24) is 10.1 Å². The SMILES string of the molecule is CC(Cl)c1nc(-c2ccc(Br)cc2C(F)(F)F)no1. The smallest absolute Gasteiger partial charge is 0.337 e. The second-order valence-electron chi connectivity index (χ2n) is 3.76. The second-order valence-corrected chi connectivity index (χ2v) is 5.33. The number of halogens is 5. The zero-order chi connectivity index (χ0) is 14.2. The van der Waals surface area contributed by atoms with Crippen LogP contribution in [0.15, 0.2) is 27.2 Å². The van der Waals surface area contributed by atoms with Crippen molar-refractivity contribution in [2.75, 3.05) is 0 Å². The van der Waals surface area contributed by atoms with Gasteiger partial charge in [0.2, 0.25) is 11.7 Å². The minimum absolute atomic E-state index is 0.0766. The molecule has 8 heteroatoms. The number of rotatable bonds is 2. The first-order valence-corrected chi connectivity index (χ1v) is 6.37. The van der Waals surface area contributed by atoms with Crippen molar-refractivity contribution < 1.29 is 17.7 Å². The molecule has 1 heterocycles. The Hall–Kier alpha value is -1.08. The fourth-order valence-corrected chi connectivity index (χ4v) is 1.90. The molecule has 0 spiro atoms. The normalized spacial score (nSPS) is 13.6. The topological polar surface area (TPSA) is 38.9 Å². The van der Waals surface area contributed by atoms with E-state index in [0.29, 0.717) is 4.47 Å². The van der Waals surface area contributed by atoms with Gasteiger partial charge in [-0.1, -0.05) is 21.1 Å². The largest absolute Gasteiger partial charge is 0.417 e. The Labute approximate surface area is 119 Å². The Morgan fingerprint density at radius 2 is 2.05 bits per heavy atom. The summed E-state index contributed by atoms with van der Waals surface area (Å²) in [7, 11) is 0. The first kappa shape index (κ1) is 14.3. The Bertz CT molecular complexity index is 598. The summed E-state index contributed by atoms with van der Waals surface area (Å²) in [5.41, 5.74) is -0.987. The molecule has 1 aromatic heterocycles. The van der Waals surface area contributed by atoms with E-state index in [1.54, 1.807) is 6.92 Å². The molecule has 1 unspecified atom stereocenters. The second kappa shape index (κ2) is 5.13. The van der Waals surface area contributed by atoms with Crippen LogP contribution < -0.4 is 0 Å². The van der Waals surface area contributed by atoms with Crippen molar-refractivity contribution in [2.24, 2.45) is 0 Å². The molecule has 0 fully saturated rings. The highest BCUT2D eigenvalue weighted by Gasteiger charge is 2.35. The highest BCUT2D eigenvalue weighted by Crippen LogP contribution is 2.38. The zero-order valence-corrected chi connectivity index (χ0v) is 11.8. The third kappa shape index (κ3) is 3.09. The van der Waals surface area contributed by atoms with Gasteiger partial charge in [-0.25, -0.2) is 0 Å². The van der Waals surface area contributed by atoms with Gasteiger partial charge in [0.15, 0.2) is 0 Å². The number of benzene rings is 1. The molecule has 0 saturated heterocycles. The minimum atomic E-state index is -4.51. The third-order valence-corrected chi connectivity index (χ3v) is 2.99. The highest BCUT2D eigenvalue weighted by atomic mass is 79.9. The van der Waals surface area contributed by atoms with Crippen LogP contribution in [0.2, 0.25) is 0 Å². The number of alkyl halides is 4. The van der Waals surface area contributed by atoms with Crippen molar-refractivity contribution >= 4 is 27.5 Å². The maximum atomic E-state index is 12.9. The van der Waals surface area contributed by atoms with Crippen LogP contribution in [0.5, 0.6) is 0 Å². The van der Waals surface area contributed by atoms with Gasteiger partial charge in [0.1, 0.15) is 5.38 Å². The summed E-state index contributed by atoms with van der Waals surface area (Å²) in [6, 6.07) is 3.72. The Morgan fingerprint density at radius 1 is 1.37 bits per heavy atom. The van der Waals surface area contributed by atoms with Gasteiger partial charge in [0, 0.05) is 10.0 Å². The molecular weight excluding hydrogens is 348 g/mol. The van der Waals surface area contributed by atoms with Crippen LogP contribution in [0, 0.1) is 0 Å². The lowest BCUT2D eigenvalue weighted by atomic mass is 10.1. The van der Waals surface area contributed by atoms with E-state index in [1.807, 2.05) is 0 Å². The summed E-state index contributed by atoms with van der Waals surface area (Å²) in [4.78, 5) is 3.86. The zero-order valence-electron chi connectivity index (χ0n) is 9.50. The van der Waals surface area contributed by atoms with Crippen LogP contribution in [-0.4, -0.2) is 10.1 Å². The molecule has 0 aliphatic heterocycles. The van der Waals surface area contributed by atoms with E-state index in [2.05, 4.69) is 26.1 Å². The quantitative estimate of drug-likeness (QED) is 0.725. The van der Waals surface area contributed by atoms with Crippen LogP contribution in [-0.2, 0) is 6.18 Å². The molecule has 3 nitrogen and oxygen atoms in total. The van der Waals surface area contributed by atoms with E-state index in [9.17, 15) is 13.2 Å². The molecule has 0 amide bonds. The molecule has 1 aromatic carbocycles. The Balaban J connectivity index is 2.55. The standard InChI is InChI=1S/C11H7BrClF3N2O/c1-5(13)10-17-9(18-19-10)7-3-2-6(12)4-8(7)11(14,15)16/h2-5H,1H3. The van der Waals surface area contributed by atoms with Crippen molar-refractivity contribution in [3.05, 3.63) is 34.1 Å². The minimum Gasteiger partial charge on any atom is -0.337 e. The van der Waals surface area contributed by atoms with Crippen LogP contribution >= 0.6 is 27.5 Å². The Morgan fingerprint density at radius 3 is 2.58 bits per heavy atom. The van der Waals surface area contributed by atoms with Gasteiger partial charge in [0.05, 0.1) is 5.56 Å². The van der Waals surface area contributed by atoms with E-state index in [-0.39, 0.29) is 17.3 Å². The van der Waals surface area contributed by atoms with Crippen molar-refractivity contribution in [3.8, 4) is 11.4 Å². The van der Waals surface area contributed by atoms with Crippen molar-refractivity contribution in [2.45, 2.75) is 18.5 Å². The Kier molecular flexibility index (Phi) is 3.87. The molecule has 19 heavy (non-hydrogen) atoms. The molecular formula is C11H7BrClF3N2O. The summed E-state index contributed by atoms with van der Waals surface area (Å²) < 4.78 is 44.0. The lowest BCUT2D eigenvalue weighted by Gasteiger charge is -2.10. The summed E-state index contributed by atoms with van der Waals surface area (Å²) in [6.07, 6.45) is -4.51. The number of aromatic nitrogens is 2. The van der Waals surface area contributed by atoms with Crippen molar-refractivity contribution in [3.63, 3.8) is 0 Å². The fraction of sp³-hybridized carbons (Fsp3) is 0.273. The van der Waals surface area contributed by atoms with Crippen molar-refractivity contribution in [1.29, 1.82) is 0 Å². The van der Waals surface area contributed by atoms with Gasteiger partial charge < -0.3 is 4.52 Å². The van der Waals surface area contributed by atoms with Gasteiger partial charge in [-0.3, -0.25) is 0 Å². The van der Waals surface area contributed by atoms with E-state index >= 15 is 0 Å². The molecule has 102 valence electrons. The van der Waals surface area contributed by atoms with Gasteiger partial charge in [-0.05, 0) is 25.1 Å². The van der Waals surface area contributed by atoms with Crippen LogP contribution in [0.1, 0.15) is 23.8 Å². The highest BCUT2D eigenvalue weighted by molar-refractivity contribution is 9.10. The van der Waals surface area contributed by atoms with E-state index in [1.165, 1.54) is 12.1 Å². The summed E-state index contributed by atoms with van der Waals surface area (Å²) >= 11 is 8.74. The molecule has 0 radical (unpaired) electrons. The van der Waals surface area contributed by atoms with Crippen LogP contribution in [0.3, 0.4) is 0 Å². The van der Waals surface area contributed by atoms with E-state index in [0.717, 1.165) is 6.07 Å². The molecule has 0 bridgehead atoms. The van der Waals surface area contributed by atoms with E-state index in [4.69, 9.17) is 16.1 Å². The maximum Gasteiger partial charge on any atom is 0.417 e. The molecule has 0 saturated carbocycles. The molecule has 0 aliphatic rings. The molecule has 1 atom stereocenters. The van der Waals surface area contributed by atoms with Gasteiger partial charge in [0.25, 0.3) is 0 Å². The fourth-order valence-electron chi connectivity index (χ4n) is 1.45. The summed E-state index contributed by atoms with van der Waals surface area (Å²) in [5, 5.41) is 2.96. The molecule has 0 aliphatic carbocycles. The predicted octanol–water partition coefficient (Wildman–Crippen LogP) is 4.82. The predicted molar refractivity (Wildman–Crippen MR) is 66.7 cm³/mol. The molecule has 2 aromatic rings. The maximum absolute atomic E-state index is 12.9. The molecule has 0 N–H and O–H groups in total. The summed E-state index contributed by atoms with van der Waals surface area (Å²) in [5.74, 6) is -0.0602. The first-order chi connectivity index (χ1) is 8.79. The lowest BCUT2D eigenvalue weighted by Crippen LogP contribution is -2.07. The monoisotopic (exact) mass is 354 g/mol. The average molecular weight is 356 g/mol. The third-order valence-electron chi connectivity index (χ3n) is 2.31. The summed E-state index contributed by atoms with van der Waals surface area (Å²) in [6.45, 7) is 1.59. The number of nitrogens with zero attached hydrogens (tertiary/aromatic N) is 2. The first-order valence-electron chi connectivity index (χ1n) is 5.14.